The first kappa shape index (κ1) is 18.9. The molecule has 0 aromatic heterocycles. The standard InChI is InChI=1S/C18H32O2/c1-4-7-8-9-10-11-12-13-16-18(14-5-2,15-6-3)17(19)20/h5-6H,2-4,7-16H2,1H3,(H,19,20). The van der Waals surface area contributed by atoms with Crippen LogP contribution in [0.25, 0.3) is 0 Å². The van der Waals surface area contributed by atoms with Crippen molar-refractivity contribution < 1.29 is 9.90 Å². The topological polar surface area (TPSA) is 37.3 Å². The first-order chi connectivity index (χ1) is 9.63. The van der Waals surface area contributed by atoms with Crippen molar-refractivity contribution in [2.24, 2.45) is 5.41 Å². The molecule has 0 saturated heterocycles. The maximum absolute atomic E-state index is 11.5. The number of hydrogen-bond donors (Lipinski definition) is 1. The van der Waals surface area contributed by atoms with Gasteiger partial charge in [-0.3, -0.25) is 4.79 Å². The molecule has 116 valence electrons. The Morgan fingerprint density at radius 3 is 1.80 bits per heavy atom. The van der Waals surface area contributed by atoms with Gasteiger partial charge in [0, 0.05) is 0 Å². The Morgan fingerprint density at radius 2 is 1.40 bits per heavy atom. The summed E-state index contributed by atoms with van der Waals surface area (Å²) >= 11 is 0. The van der Waals surface area contributed by atoms with E-state index in [1.165, 1.54) is 38.5 Å². The van der Waals surface area contributed by atoms with Crippen LogP contribution in [-0.2, 0) is 4.79 Å². The molecular formula is C18H32O2. The maximum atomic E-state index is 11.5. The van der Waals surface area contributed by atoms with Gasteiger partial charge in [-0.15, -0.1) is 13.2 Å². The molecule has 0 heterocycles. The van der Waals surface area contributed by atoms with Gasteiger partial charge in [-0.2, -0.15) is 0 Å². The fourth-order valence-corrected chi connectivity index (χ4v) is 2.72. The van der Waals surface area contributed by atoms with E-state index in [2.05, 4.69) is 20.1 Å². The van der Waals surface area contributed by atoms with E-state index in [4.69, 9.17) is 0 Å². The third kappa shape index (κ3) is 7.52. The summed E-state index contributed by atoms with van der Waals surface area (Å²) in [5.74, 6) is -0.708. The number of carboxylic acids is 1. The minimum Gasteiger partial charge on any atom is -0.481 e. The van der Waals surface area contributed by atoms with Crippen molar-refractivity contribution in [2.45, 2.75) is 77.6 Å². The molecule has 0 aliphatic carbocycles. The highest BCUT2D eigenvalue weighted by Crippen LogP contribution is 2.34. The Bertz CT molecular complexity index is 271. The highest BCUT2D eigenvalue weighted by Gasteiger charge is 2.35. The lowest BCUT2D eigenvalue weighted by Gasteiger charge is -2.27. The molecular weight excluding hydrogens is 248 g/mol. The molecule has 0 aliphatic heterocycles. The summed E-state index contributed by atoms with van der Waals surface area (Å²) in [5, 5.41) is 9.49. The molecule has 0 saturated carbocycles. The number of aliphatic carboxylic acids is 1. The molecule has 2 nitrogen and oxygen atoms in total. The number of carbonyl (C=O) groups is 1. The first-order valence-corrected chi connectivity index (χ1v) is 8.08. The second kappa shape index (κ2) is 11.7. The smallest absolute Gasteiger partial charge is 0.310 e. The molecule has 0 unspecified atom stereocenters. The van der Waals surface area contributed by atoms with E-state index in [0.717, 1.165) is 19.3 Å². The van der Waals surface area contributed by atoms with E-state index in [1.807, 2.05) is 0 Å². The van der Waals surface area contributed by atoms with Crippen LogP contribution in [0.15, 0.2) is 25.3 Å². The van der Waals surface area contributed by atoms with Crippen LogP contribution in [0.4, 0.5) is 0 Å². The van der Waals surface area contributed by atoms with E-state index >= 15 is 0 Å². The Morgan fingerprint density at radius 1 is 0.950 bits per heavy atom. The molecule has 0 atom stereocenters. The molecule has 0 aromatic carbocycles. The second-order valence-electron chi connectivity index (χ2n) is 5.80. The summed E-state index contributed by atoms with van der Waals surface area (Å²) in [7, 11) is 0. The van der Waals surface area contributed by atoms with Crippen LogP contribution >= 0.6 is 0 Å². The summed E-state index contributed by atoms with van der Waals surface area (Å²) in [6.45, 7) is 9.62. The van der Waals surface area contributed by atoms with E-state index in [1.54, 1.807) is 12.2 Å². The summed E-state index contributed by atoms with van der Waals surface area (Å²) in [6.07, 6.45) is 15.1. The molecule has 0 spiro atoms. The fourth-order valence-electron chi connectivity index (χ4n) is 2.72. The first-order valence-electron chi connectivity index (χ1n) is 8.08. The number of rotatable bonds is 14. The van der Waals surface area contributed by atoms with Gasteiger partial charge in [0.2, 0.25) is 0 Å². The molecule has 0 aromatic rings. The molecule has 1 N–H and O–H groups in total. The SMILES string of the molecule is C=CCC(CC=C)(CCCCCCCCCC)C(=O)O. The van der Waals surface area contributed by atoms with Crippen molar-refractivity contribution in [3.63, 3.8) is 0 Å². The summed E-state index contributed by atoms with van der Waals surface area (Å²) in [4.78, 5) is 11.5. The third-order valence-corrected chi connectivity index (χ3v) is 4.03. The van der Waals surface area contributed by atoms with Crippen LogP contribution in [0.3, 0.4) is 0 Å². The number of hydrogen-bond acceptors (Lipinski definition) is 1. The largest absolute Gasteiger partial charge is 0.481 e. The van der Waals surface area contributed by atoms with Crippen LogP contribution in [0, 0.1) is 5.41 Å². The van der Waals surface area contributed by atoms with Gasteiger partial charge in [-0.05, 0) is 19.3 Å². The Labute approximate surface area is 125 Å². The summed E-state index contributed by atoms with van der Waals surface area (Å²) in [6, 6.07) is 0. The second-order valence-corrected chi connectivity index (χ2v) is 5.80. The molecule has 0 amide bonds. The average Bonchev–Trinajstić information content (AvgIpc) is 2.42. The van der Waals surface area contributed by atoms with E-state index in [9.17, 15) is 9.90 Å². The molecule has 0 aliphatic rings. The zero-order chi connectivity index (χ0) is 15.3. The number of allylic oxidation sites excluding steroid dienone is 2. The molecule has 2 heteroatoms. The third-order valence-electron chi connectivity index (χ3n) is 4.03. The van der Waals surface area contributed by atoms with Gasteiger partial charge < -0.3 is 5.11 Å². The minimum atomic E-state index is -0.708. The van der Waals surface area contributed by atoms with Crippen molar-refractivity contribution in [1.29, 1.82) is 0 Å². The lowest BCUT2D eigenvalue weighted by molar-refractivity contribution is -0.149. The van der Waals surface area contributed by atoms with Gasteiger partial charge in [0.05, 0.1) is 5.41 Å². The van der Waals surface area contributed by atoms with Gasteiger partial charge in [-0.25, -0.2) is 0 Å². The van der Waals surface area contributed by atoms with Gasteiger partial charge >= 0.3 is 5.97 Å². The predicted octanol–water partition coefficient (Wildman–Crippen LogP) is 5.74. The van der Waals surface area contributed by atoms with Crippen LogP contribution < -0.4 is 0 Å². The van der Waals surface area contributed by atoms with Crippen LogP contribution in [-0.4, -0.2) is 11.1 Å². The monoisotopic (exact) mass is 280 g/mol. The molecule has 0 rings (SSSR count). The number of unbranched alkanes of at least 4 members (excludes halogenated alkanes) is 7. The highest BCUT2D eigenvalue weighted by atomic mass is 16.4. The van der Waals surface area contributed by atoms with Gasteiger partial charge in [0.25, 0.3) is 0 Å². The fraction of sp³-hybridized carbons (Fsp3) is 0.722. The van der Waals surface area contributed by atoms with Crippen molar-refractivity contribution in [2.75, 3.05) is 0 Å². The van der Waals surface area contributed by atoms with E-state index in [-0.39, 0.29) is 0 Å². The maximum Gasteiger partial charge on any atom is 0.310 e. The Kier molecular flexibility index (Phi) is 11.1. The van der Waals surface area contributed by atoms with Gasteiger partial charge in [0.15, 0.2) is 0 Å². The van der Waals surface area contributed by atoms with E-state index < -0.39 is 11.4 Å². The van der Waals surface area contributed by atoms with E-state index in [0.29, 0.717) is 12.8 Å². The van der Waals surface area contributed by atoms with Crippen molar-refractivity contribution in [3.05, 3.63) is 25.3 Å². The predicted molar refractivity (Wildman–Crippen MR) is 86.9 cm³/mol. The van der Waals surface area contributed by atoms with Crippen molar-refractivity contribution >= 4 is 5.97 Å². The zero-order valence-electron chi connectivity index (χ0n) is 13.2. The van der Waals surface area contributed by atoms with Crippen LogP contribution in [0.2, 0.25) is 0 Å². The molecule has 20 heavy (non-hydrogen) atoms. The van der Waals surface area contributed by atoms with Crippen LogP contribution in [0.1, 0.15) is 77.6 Å². The van der Waals surface area contributed by atoms with Gasteiger partial charge in [0.1, 0.15) is 0 Å². The average molecular weight is 280 g/mol. The van der Waals surface area contributed by atoms with Crippen molar-refractivity contribution in [3.8, 4) is 0 Å². The molecule has 0 fully saturated rings. The quantitative estimate of drug-likeness (QED) is 0.325. The zero-order valence-corrected chi connectivity index (χ0v) is 13.2. The van der Waals surface area contributed by atoms with Crippen molar-refractivity contribution in [1.82, 2.24) is 0 Å². The summed E-state index contributed by atoms with van der Waals surface area (Å²) in [5.41, 5.74) is -0.675. The van der Waals surface area contributed by atoms with Gasteiger partial charge in [-0.1, -0.05) is 70.4 Å². The Hall–Kier alpha value is -1.05. The lowest BCUT2D eigenvalue weighted by Crippen LogP contribution is -2.30. The minimum absolute atomic E-state index is 0.533. The number of carboxylic acid groups (broad SMARTS) is 1. The summed E-state index contributed by atoms with van der Waals surface area (Å²) < 4.78 is 0. The molecule has 0 radical (unpaired) electrons. The molecule has 0 bridgehead atoms. The normalized spacial score (nSPS) is 11.2. The highest BCUT2D eigenvalue weighted by molar-refractivity contribution is 5.75. The van der Waals surface area contributed by atoms with Crippen LogP contribution in [0.5, 0.6) is 0 Å². The lowest BCUT2D eigenvalue weighted by atomic mass is 9.76. The Balaban J connectivity index is 3.98.